The predicted molar refractivity (Wildman–Crippen MR) is 139 cm³/mol. The Labute approximate surface area is 207 Å². The summed E-state index contributed by atoms with van der Waals surface area (Å²) in [6.45, 7) is 7.72. The number of amides is 4. The summed E-state index contributed by atoms with van der Waals surface area (Å²) in [5.74, 6) is -0.215. The van der Waals surface area contributed by atoms with E-state index in [0.29, 0.717) is 27.0 Å². The van der Waals surface area contributed by atoms with Gasteiger partial charge in [0.2, 0.25) is 5.91 Å². The van der Waals surface area contributed by atoms with Crippen LogP contribution in [-0.2, 0) is 4.79 Å². The molecule has 0 saturated heterocycles. The van der Waals surface area contributed by atoms with Gasteiger partial charge in [0.05, 0.1) is 22.4 Å². The Kier molecular flexibility index (Phi) is 6.02. The third-order valence-corrected chi connectivity index (χ3v) is 7.69. The Bertz CT molecular complexity index is 1350. The minimum Gasteiger partial charge on any atom is -0.348 e. The number of aromatic nitrogens is 1. The van der Waals surface area contributed by atoms with E-state index in [1.807, 2.05) is 24.3 Å². The number of carbonyl (C=O) groups excluding carboxylic acids is 3. The van der Waals surface area contributed by atoms with Gasteiger partial charge in [0.1, 0.15) is 9.71 Å². The number of carbonyl (C=O) groups is 3. The van der Waals surface area contributed by atoms with Crippen LogP contribution in [0.3, 0.4) is 0 Å². The molecular formula is C26H27N5O3S. The van der Waals surface area contributed by atoms with Crippen LogP contribution in [0.5, 0.6) is 0 Å². The first kappa shape index (κ1) is 23.0. The van der Waals surface area contributed by atoms with Gasteiger partial charge in [-0.25, -0.2) is 9.78 Å². The van der Waals surface area contributed by atoms with Gasteiger partial charge in [-0.1, -0.05) is 32.6 Å². The minimum atomic E-state index is -0.324. The topological polar surface area (TPSA) is 103 Å². The molecule has 9 heteroatoms. The molecule has 2 atom stereocenters. The first-order valence-electron chi connectivity index (χ1n) is 11.7. The highest BCUT2D eigenvalue weighted by atomic mass is 32.1. The molecular weight excluding hydrogens is 462 g/mol. The Morgan fingerprint density at radius 3 is 2.74 bits per heavy atom. The molecule has 35 heavy (non-hydrogen) atoms. The molecule has 0 bridgehead atoms. The lowest BCUT2D eigenvalue weighted by Crippen LogP contribution is -2.48. The number of anilines is 3. The highest BCUT2D eigenvalue weighted by Gasteiger charge is 2.35. The molecule has 1 aliphatic heterocycles. The summed E-state index contributed by atoms with van der Waals surface area (Å²) in [5.41, 5.74) is 3.07. The van der Waals surface area contributed by atoms with Crippen LogP contribution in [0.2, 0.25) is 0 Å². The standard InChI is InChI=1S/C26H27N5O3S/c1-4-20(32)28-17-9-6-10-18(17)29-24(33)23-22-21-19(11-12-27-25(21)35-23)31(26(34)30-22)16-8-5-7-15(13-16)14(2)3/h4-5,7-8,11-14,17-18H,1,6,9-10H2,2-3H3,(H,28,32)(H,29,33)(H,30,34)/t17-,18+/m0/s1. The van der Waals surface area contributed by atoms with Gasteiger partial charge in [-0.15, -0.1) is 11.3 Å². The van der Waals surface area contributed by atoms with Gasteiger partial charge >= 0.3 is 6.03 Å². The predicted octanol–water partition coefficient (Wildman–Crippen LogP) is 5.06. The zero-order valence-electron chi connectivity index (χ0n) is 19.6. The maximum atomic E-state index is 13.3. The summed E-state index contributed by atoms with van der Waals surface area (Å²) in [6.07, 6.45) is 5.35. The van der Waals surface area contributed by atoms with Crippen LogP contribution in [0.4, 0.5) is 21.9 Å². The Morgan fingerprint density at radius 2 is 2.00 bits per heavy atom. The van der Waals surface area contributed by atoms with Gasteiger partial charge in [0.25, 0.3) is 5.91 Å². The maximum absolute atomic E-state index is 13.3. The lowest BCUT2D eigenvalue weighted by Gasteiger charge is -2.29. The molecule has 5 rings (SSSR count). The fourth-order valence-electron chi connectivity index (χ4n) is 4.80. The number of hydrogen-bond acceptors (Lipinski definition) is 5. The fraction of sp³-hybridized carbons (Fsp3) is 0.308. The van der Waals surface area contributed by atoms with Crippen LogP contribution in [0.15, 0.2) is 49.2 Å². The van der Waals surface area contributed by atoms with Crippen molar-refractivity contribution in [1.82, 2.24) is 15.6 Å². The number of urea groups is 1. The number of benzene rings is 1. The highest BCUT2D eigenvalue weighted by molar-refractivity contribution is 7.21. The number of thiophene rings is 1. The average Bonchev–Trinajstić information content (AvgIpc) is 3.44. The van der Waals surface area contributed by atoms with Gasteiger partial charge in [-0.05, 0) is 55.0 Å². The molecule has 3 aromatic rings. The summed E-state index contributed by atoms with van der Waals surface area (Å²) in [7, 11) is 0. The van der Waals surface area contributed by atoms with Crippen LogP contribution in [-0.4, -0.2) is 34.9 Å². The normalized spacial score (nSPS) is 19.1. The van der Waals surface area contributed by atoms with Crippen molar-refractivity contribution in [3.8, 4) is 0 Å². The summed E-state index contributed by atoms with van der Waals surface area (Å²) in [4.78, 5) is 45.6. The number of nitrogens with zero attached hydrogens (tertiary/aromatic N) is 2. The number of hydrogen-bond donors (Lipinski definition) is 3. The van der Waals surface area contributed by atoms with Gasteiger partial charge in [-0.3, -0.25) is 14.5 Å². The third kappa shape index (κ3) is 4.16. The molecule has 2 aliphatic rings. The minimum absolute atomic E-state index is 0.151. The lowest BCUT2D eigenvalue weighted by molar-refractivity contribution is -0.117. The third-order valence-electron chi connectivity index (χ3n) is 6.59. The summed E-state index contributed by atoms with van der Waals surface area (Å²) in [5, 5.41) is 9.65. The zero-order chi connectivity index (χ0) is 24.7. The van der Waals surface area contributed by atoms with Crippen molar-refractivity contribution >= 4 is 56.5 Å². The van der Waals surface area contributed by atoms with E-state index in [9.17, 15) is 14.4 Å². The van der Waals surface area contributed by atoms with E-state index in [1.165, 1.54) is 17.4 Å². The second-order valence-electron chi connectivity index (χ2n) is 9.16. The molecule has 1 fully saturated rings. The van der Waals surface area contributed by atoms with Crippen molar-refractivity contribution < 1.29 is 14.4 Å². The van der Waals surface area contributed by atoms with E-state index in [1.54, 1.807) is 17.2 Å². The molecule has 1 aliphatic carbocycles. The first-order valence-corrected chi connectivity index (χ1v) is 12.6. The smallest absolute Gasteiger partial charge is 0.331 e. The Balaban J connectivity index is 1.49. The van der Waals surface area contributed by atoms with Crippen LogP contribution in [0.1, 0.15) is 54.3 Å². The average molecular weight is 490 g/mol. The molecule has 0 spiro atoms. The fourth-order valence-corrected chi connectivity index (χ4v) is 5.83. The molecule has 8 nitrogen and oxygen atoms in total. The molecule has 1 saturated carbocycles. The van der Waals surface area contributed by atoms with Gasteiger partial charge in [0, 0.05) is 18.3 Å². The molecule has 2 aromatic heterocycles. The van der Waals surface area contributed by atoms with Crippen LogP contribution in [0, 0.1) is 0 Å². The van der Waals surface area contributed by atoms with E-state index in [2.05, 4.69) is 41.4 Å². The van der Waals surface area contributed by atoms with Crippen LogP contribution >= 0.6 is 11.3 Å². The van der Waals surface area contributed by atoms with E-state index < -0.39 is 0 Å². The van der Waals surface area contributed by atoms with Crippen molar-refractivity contribution in [3.63, 3.8) is 0 Å². The van der Waals surface area contributed by atoms with E-state index in [-0.39, 0.29) is 29.9 Å². The number of pyridine rings is 1. The second-order valence-corrected chi connectivity index (χ2v) is 10.2. The largest absolute Gasteiger partial charge is 0.348 e. The van der Waals surface area contributed by atoms with Crippen LogP contribution < -0.4 is 20.9 Å². The van der Waals surface area contributed by atoms with Crippen LogP contribution in [0.25, 0.3) is 10.2 Å². The quantitative estimate of drug-likeness (QED) is 0.421. The first-order chi connectivity index (χ1) is 16.9. The molecule has 0 unspecified atom stereocenters. The molecule has 4 amide bonds. The van der Waals surface area contributed by atoms with Gasteiger partial charge in [-0.2, -0.15) is 0 Å². The van der Waals surface area contributed by atoms with E-state index in [4.69, 9.17) is 0 Å². The number of rotatable bonds is 6. The van der Waals surface area contributed by atoms with Crippen molar-refractivity contribution in [2.24, 2.45) is 0 Å². The summed E-state index contributed by atoms with van der Waals surface area (Å²) < 4.78 is 0. The van der Waals surface area contributed by atoms with Crippen molar-refractivity contribution in [3.05, 3.63) is 59.6 Å². The van der Waals surface area contributed by atoms with Crippen molar-refractivity contribution in [2.75, 3.05) is 10.2 Å². The summed E-state index contributed by atoms with van der Waals surface area (Å²) >= 11 is 1.25. The lowest BCUT2D eigenvalue weighted by atomic mass is 10.0. The second kappa shape index (κ2) is 9.14. The number of nitrogens with one attached hydrogen (secondary N) is 3. The molecule has 1 aromatic carbocycles. The SMILES string of the molecule is C=CC(=O)N[C@H]1CCC[C@H]1NC(=O)c1sc2nccc3c2c1NC(=O)N3c1cccc(C(C)C)c1. The highest BCUT2D eigenvalue weighted by Crippen LogP contribution is 2.46. The Morgan fingerprint density at radius 1 is 1.23 bits per heavy atom. The van der Waals surface area contributed by atoms with E-state index in [0.717, 1.165) is 35.9 Å². The summed E-state index contributed by atoms with van der Waals surface area (Å²) in [6, 6.07) is 9.05. The van der Waals surface area contributed by atoms with Crippen molar-refractivity contribution in [1.29, 1.82) is 0 Å². The maximum Gasteiger partial charge on any atom is 0.331 e. The van der Waals surface area contributed by atoms with Crippen molar-refractivity contribution in [2.45, 2.75) is 51.1 Å². The molecule has 3 N–H and O–H groups in total. The van der Waals surface area contributed by atoms with E-state index >= 15 is 0 Å². The zero-order valence-corrected chi connectivity index (χ0v) is 20.4. The monoisotopic (exact) mass is 489 g/mol. The molecule has 0 radical (unpaired) electrons. The van der Waals surface area contributed by atoms with Gasteiger partial charge in [0.15, 0.2) is 0 Å². The van der Waals surface area contributed by atoms with Gasteiger partial charge < -0.3 is 16.0 Å². The molecule has 3 heterocycles. The molecule has 180 valence electrons. The Hall–Kier alpha value is -3.72.